The van der Waals surface area contributed by atoms with Gasteiger partial charge in [-0.05, 0) is 18.2 Å². The first-order valence-electron chi connectivity index (χ1n) is 6.67. The standard InChI is InChI=1S/C14H18N4O3/c1-21-7-6-15-13(19)4-5-16-14(20)10-2-3-11-12(8-10)18-9-17-11/h2-3,8-9H,4-7H2,1H3,(H,15,19)(H,16,20)(H,17,18). The Hall–Kier alpha value is -2.41. The first-order chi connectivity index (χ1) is 10.2. The fourth-order valence-electron chi connectivity index (χ4n) is 1.85. The lowest BCUT2D eigenvalue weighted by Crippen LogP contribution is -2.32. The summed E-state index contributed by atoms with van der Waals surface area (Å²) in [5, 5.41) is 5.40. The summed E-state index contributed by atoms with van der Waals surface area (Å²) in [6, 6.07) is 5.21. The first kappa shape index (κ1) is 15.0. The van der Waals surface area contributed by atoms with Crippen molar-refractivity contribution in [3.63, 3.8) is 0 Å². The van der Waals surface area contributed by atoms with Gasteiger partial charge in [-0.15, -0.1) is 0 Å². The number of hydrogen-bond acceptors (Lipinski definition) is 4. The van der Waals surface area contributed by atoms with Crippen LogP contribution in [0.3, 0.4) is 0 Å². The van der Waals surface area contributed by atoms with E-state index < -0.39 is 0 Å². The summed E-state index contributed by atoms with van der Waals surface area (Å²) in [6.45, 7) is 1.24. The maximum atomic E-state index is 12.0. The Balaban J connectivity index is 1.77. The van der Waals surface area contributed by atoms with Crippen LogP contribution in [0.2, 0.25) is 0 Å². The number of nitrogens with one attached hydrogen (secondary N) is 3. The number of carbonyl (C=O) groups excluding carboxylic acids is 2. The Kier molecular flexibility index (Phi) is 5.28. The van der Waals surface area contributed by atoms with Crippen LogP contribution in [0.1, 0.15) is 16.8 Å². The highest BCUT2D eigenvalue weighted by Gasteiger charge is 2.08. The number of benzene rings is 1. The Bertz CT molecular complexity index is 623. The van der Waals surface area contributed by atoms with Crippen molar-refractivity contribution in [1.29, 1.82) is 0 Å². The van der Waals surface area contributed by atoms with Crippen molar-refractivity contribution >= 4 is 22.8 Å². The Morgan fingerprint density at radius 1 is 1.29 bits per heavy atom. The van der Waals surface area contributed by atoms with E-state index in [0.717, 1.165) is 11.0 Å². The maximum Gasteiger partial charge on any atom is 0.251 e. The van der Waals surface area contributed by atoms with Crippen molar-refractivity contribution in [3.8, 4) is 0 Å². The van der Waals surface area contributed by atoms with E-state index in [1.54, 1.807) is 31.6 Å². The highest BCUT2D eigenvalue weighted by molar-refractivity contribution is 5.97. The number of aromatic nitrogens is 2. The third-order valence-corrected chi connectivity index (χ3v) is 2.95. The zero-order valence-corrected chi connectivity index (χ0v) is 11.8. The lowest BCUT2D eigenvalue weighted by Gasteiger charge is -2.06. The number of hydrogen-bond donors (Lipinski definition) is 3. The van der Waals surface area contributed by atoms with Gasteiger partial charge < -0.3 is 20.4 Å². The molecule has 0 saturated carbocycles. The molecule has 0 aliphatic heterocycles. The van der Waals surface area contributed by atoms with E-state index in [4.69, 9.17) is 4.74 Å². The number of ether oxygens (including phenoxy) is 1. The Labute approximate surface area is 122 Å². The van der Waals surface area contributed by atoms with Crippen molar-refractivity contribution in [2.45, 2.75) is 6.42 Å². The number of amides is 2. The Morgan fingerprint density at radius 3 is 2.95 bits per heavy atom. The fourth-order valence-corrected chi connectivity index (χ4v) is 1.85. The number of carbonyl (C=O) groups is 2. The molecule has 112 valence electrons. The molecule has 2 aromatic rings. The second-order valence-electron chi connectivity index (χ2n) is 4.48. The average molecular weight is 290 g/mol. The molecule has 0 aliphatic carbocycles. The second-order valence-corrected chi connectivity index (χ2v) is 4.48. The minimum absolute atomic E-state index is 0.114. The highest BCUT2D eigenvalue weighted by Crippen LogP contribution is 2.11. The van der Waals surface area contributed by atoms with E-state index >= 15 is 0 Å². The molecule has 1 heterocycles. The largest absolute Gasteiger partial charge is 0.383 e. The molecule has 0 saturated heterocycles. The van der Waals surface area contributed by atoms with Crippen LogP contribution in [-0.4, -0.2) is 48.6 Å². The molecule has 0 unspecified atom stereocenters. The summed E-state index contributed by atoms with van der Waals surface area (Å²) in [4.78, 5) is 30.4. The van der Waals surface area contributed by atoms with Gasteiger partial charge in [0.2, 0.25) is 5.91 Å². The molecule has 0 fully saturated rings. The van der Waals surface area contributed by atoms with Gasteiger partial charge in [0.05, 0.1) is 24.0 Å². The van der Waals surface area contributed by atoms with Crippen LogP contribution in [0, 0.1) is 0 Å². The lowest BCUT2D eigenvalue weighted by molar-refractivity contribution is -0.121. The number of methoxy groups -OCH3 is 1. The van der Waals surface area contributed by atoms with Gasteiger partial charge in [0.1, 0.15) is 0 Å². The van der Waals surface area contributed by atoms with E-state index in [2.05, 4.69) is 20.6 Å². The van der Waals surface area contributed by atoms with Crippen molar-refractivity contribution in [2.75, 3.05) is 26.8 Å². The number of aromatic amines is 1. The van der Waals surface area contributed by atoms with Crippen LogP contribution < -0.4 is 10.6 Å². The summed E-state index contributed by atoms with van der Waals surface area (Å²) in [6.07, 6.45) is 1.82. The molecule has 0 radical (unpaired) electrons. The second kappa shape index (κ2) is 7.39. The summed E-state index contributed by atoms with van der Waals surface area (Å²) in [7, 11) is 1.57. The Morgan fingerprint density at radius 2 is 2.14 bits per heavy atom. The third kappa shape index (κ3) is 4.28. The van der Waals surface area contributed by atoms with Crippen molar-refractivity contribution in [3.05, 3.63) is 30.1 Å². The van der Waals surface area contributed by atoms with Crippen LogP contribution in [-0.2, 0) is 9.53 Å². The van der Waals surface area contributed by atoms with Crippen molar-refractivity contribution in [1.82, 2.24) is 20.6 Å². The quantitative estimate of drug-likeness (QED) is 0.645. The van der Waals surface area contributed by atoms with Crippen LogP contribution in [0.15, 0.2) is 24.5 Å². The molecule has 1 aromatic heterocycles. The minimum Gasteiger partial charge on any atom is -0.383 e. The van der Waals surface area contributed by atoms with Crippen molar-refractivity contribution < 1.29 is 14.3 Å². The van der Waals surface area contributed by atoms with Gasteiger partial charge in [-0.3, -0.25) is 9.59 Å². The van der Waals surface area contributed by atoms with Gasteiger partial charge in [-0.25, -0.2) is 4.98 Å². The van der Waals surface area contributed by atoms with E-state index in [-0.39, 0.29) is 18.2 Å². The molecule has 21 heavy (non-hydrogen) atoms. The van der Waals surface area contributed by atoms with Gasteiger partial charge >= 0.3 is 0 Å². The molecule has 2 rings (SSSR count). The number of nitrogens with zero attached hydrogens (tertiary/aromatic N) is 1. The lowest BCUT2D eigenvalue weighted by atomic mass is 10.2. The number of H-pyrrole nitrogens is 1. The number of imidazole rings is 1. The van der Waals surface area contributed by atoms with Gasteiger partial charge in [0, 0.05) is 32.2 Å². The molecule has 7 heteroatoms. The SMILES string of the molecule is COCCNC(=O)CCNC(=O)c1ccc2nc[nH]c2c1. The molecule has 7 nitrogen and oxygen atoms in total. The predicted octanol–water partition coefficient (Wildman–Crippen LogP) is 0.445. The molecule has 0 spiro atoms. The summed E-state index contributed by atoms with van der Waals surface area (Å²) in [5.74, 6) is -0.326. The van der Waals surface area contributed by atoms with E-state index in [1.165, 1.54) is 0 Å². The summed E-state index contributed by atoms with van der Waals surface area (Å²) in [5.41, 5.74) is 2.15. The van der Waals surface area contributed by atoms with Gasteiger partial charge in [-0.1, -0.05) is 0 Å². The third-order valence-electron chi connectivity index (χ3n) is 2.95. The van der Waals surface area contributed by atoms with Crippen LogP contribution in [0.5, 0.6) is 0 Å². The van der Waals surface area contributed by atoms with Crippen LogP contribution >= 0.6 is 0 Å². The average Bonchev–Trinajstić information content (AvgIpc) is 2.94. The van der Waals surface area contributed by atoms with Crippen molar-refractivity contribution in [2.24, 2.45) is 0 Å². The molecule has 1 aromatic carbocycles. The first-order valence-corrected chi connectivity index (χ1v) is 6.67. The molecule has 2 amide bonds. The summed E-state index contributed by atoms with van der Waals surface area (Å²) >= 11 is 0. The van der Waals surface area contributed by atoms with Gasteiger partial charge in [-0.2, -0.15) is 0 Å². The van der Waals surface area contributed by atoms with Gasteiger partial charge in [0.25, 0.3) is 5.91 Å². The minimum atomic E-state index is -0.212. The fraction of sp³-hybridized carbons (Fsp3) is 0.357. The van der Waals surface area contributed by atoms with Crippen LogP contribution in [0.4, 0.5) is 0 Å². The zero-order chi connectivity index (χ0) is 15.1. The summed E-state index contributed by atoms with van der Waals surface area (Å²) < 4.78 is 4.83. The highest BCUT2D eigenvalue weighted by atomic mass is 16.5. The normalized spacial score (nSPS) is 10.5. The zero-order valence-electron chi connectivity index (χ0n) is 11.8. The smallest absolute Gasteiger partial charge is 0.251 e. The molecule has 0 aliphatic rings. The number of rotatable bonds is 7. The van der Waals surface area contributed by atoms with E-state index in [0.29, 0.717) is 25.3 Å². The molecule has 0 bridgehead atoms. The monoisotopic (exact) mass is 290 g/mol. The number of fused-ring (bicyclic) bond motifs is 1. The predicted molar refractivity (Wildman–Crippen MR) is 77.9 cm³/mol. The molecule has 3 N–H and O–H groups in total. The molecular weight excluding hydrogens is 272 g/mol. The maximum absolute atomic E-state index is 12.0. The molecule has 0 atom stereocenters. The van der Waals surface area contributed by atoms with E-state index in [1.807, 2.05) is 0 Å². The van der Waals surface area contributed by atoms with Crippen LogP contribution in [0.25, 0.3) is 11.0 Å². The van der Waals surface area contributed by atoms with E-state index in [9.17, 15) is 9.59 Å². The molecular formula is C14H18N4O3. The topological polar surface area (TPSA) is 96.1 Å². The van der Waals surface area contributed by atoms with Gasteiger partial charge in [0.15, 0.2) is 0 Å².